The molecule has 1 aromatic rings. The Labute approximate surface area is 110 Å². The second kappa shape index (κ2) is 5.85. The zero-order valence-electron chi connectivity index (χ0n) is 10.9. The molecular weight excluding hydrogens is 246 g/mol. The first-order valence-corrected chi connectivity index (χ1v) is 8.28. The Morgan fingerprint density at radius 3 is 2.78 bits per heavy atom. The highest BCUT2D eigenvalue weighted by Crippen LogP contribution is 2.15. The molecule has 0 bridgehead atoms. The lowest BCUT2D eigenvalue weighted by Crippen LogP contribution is -2.40. The highest BCUT2D eigenvalue weighted by atomic mass is 32.2. The Morgan fingerprint density at radius 2 is 2.11 bits per heavy atom. The van der Waals surface area contributed by atoms with E-state index in [4.69, 9.17) is 0 Å². The average Bonchev–Trinajstić information content (AvgIpc) is 2.39. The molecule has 1 aromatic carbocycles. The van der Waals surface area contributed by atoms with E-state index in [1.54, 1.807) is 0 Å². The van der Waals surface area contributed by atoms with Crippen LogP contribution < -0.4 is 5.32 Å². The van der Waals surface area contributed by atoms with Crippen LogP contribution in [0.4, 0.5) is 0 Å². The molecule has 1 unspecified atom stereocenters. The molecular formula is C14H21NO2S. The second-order valence-corrected chi connectivity index (χ2v) is 7.41. The summed E-state index contributed by atoms with van der Waals surface area (Å²) >= 11 is 0. The topological polar surface area (TPSA) is 46.2 Å². The van der Waals surface area contributed by atoms with Crippen LogP contribution in [0.15, 0.2) is 24.3 Å². The number of rotatable bonds is 4. The van der Waals surface area contributed by atoms with E-state index in [-0.39, 0.29) is 11.0 Å². The maximum Gasteiger partial charge on any atom is 0.154 e. The molecule has 1 aliphatic heterocycles. The third-order valence-corrected chi connectivity index (χ3v) is 5.87. The molecule has 1 fully saturated rings. The Hall–Kier alpha value is -0.870. The summed E-state index contributed by atoms with van der Waals surface area (Å²) in [4.78, 5) is 0. The third kappa shape index (κ3) is 3.33. The summed E-state index contributed by atoms with van der Waals surface area (Å²) < 4.78 is 24.5. The zero-order chi connectivity index (χ0) is 13.0. The largest absolute Gasteiger partial charge is 0.315 e. The van der Waals surface area contributed by atoms with Gasteiger partial charge in [0.1, 0.15) is 0 Å². The smallest absolute Gasteiger partial charge is 0.154 e. The number of piperidine rings is 1. The predicted octanol–water partition coefficient (Wildman–Crippen LogP) is 1.70. The molecule has 0 spiro atoms. The van der Waals surface area contributed by atoms with Crippen molar-refractivity contribution in [3.63, 3.8) is 0 Å². The highest BCUT2D eigenvalue weighted by molar-refractivity contribution is 7.92. The van der Waals surface area contributed by atoms with Crippen LogP contribution in [0.5, 0.6) is 0 Å². The molecule has 0 aromatic heterocycles. The Kier molecular flexibility index (Phi) is 4.40. The van der Waals surface area contributed by atoms with E-state index in [1.807, 2.05) is 31.2 Å². The number of sulfone groups is 1. The average molecular weight is 267 g/mol. The van der Waals surface area contributed by atoms with Gasteiger partial charge in [0.05, 0.1) is 11.0 Å². The van der Waals surface area contributed by atoms with E-state index in [1.165, 1.54) is 5.56 Å². The van der Waals surface area contributed by atoms with E-state index in [0.29, 0.717) is 13.0 Å². The van der Waals surface area contributed by atoms with Crippen LogP contribution in [-0.2, 0) is 16.3 Å². The van der Waals surface area contributed by atoms with Gasteiger partial charge < -0.3 is 5.32 Å². The SMILES string of the molecule is Cc1ccccc1CCS(=O)(=O)C1CCCNC1. The molecule has 0 saturated carbocycles. The molecule has 4 heteroatoms. The minimum Gasteiger partial charge on any atom is -0.315 e. The summed E-state index contributed by atoms with van der Waals surface area (Å²) in [6.07, 6.45) is 2.41. The van der Waals surface area contributed by atoms with E-state index in [9.17, 15) is 8.42 Å². The van der Waals surface area contributed by atoms with E-state index >= 15 is 0 Å². The van der Waals surface area contributed by atoms with Crippen LogP contribution in [-0.4, -0.2) is 32.5 Å². The summed E-state index contributed by atoms with van der Waals surface area (Å²) in [6.45, 7) is 3.60. The molecule has 1 atom stereocenters. The van der Waals surface area contributed by atoms with Crippen LogP contribution in [0.2, 0.25) is 0 Å². The molecule has 1 heterocycles. The Balaban J connectivity index is 1.98. The van der Waals surface area contributed by atoms with Crippen molar-refractivity contribution < 1.29 is 8.42 Å². The molecule has 1 aliphatic rings. The van der Waals surface area contributed by atoms with E-state index < -0.39 is 9.84 Å². The molecule has 3 nitrogen and oxygen atoms in total. The van der Waals surface area contributed by atoms with Gasteiger partial charge >= 0.3 is 0 Å². The highest BCUT2D eigenvalue weighted by Gasteiger charge is 2.26. The van der Waals surface area contributed by atoms with Gasteiger partial charge in [-0.3, -0.25) is 0 Å². The number of hydrogen-bond donors (Lipinski definition) is 1. The maximum absolute atomic E-state index is 12.2. The van der Waals surface area contributed by atoms with Crippen LogP contribution in [0, 0.1) is 6.92 Å². The molecule has 2 rings (SSSR count). The van der Waals surface area contributed by atoms with Gasteiger partial charge in [-0.1, -0.05) is 24.3 Å². The van der Waals surface area contributed by atoms with Crippen molar-refractivity contribution in [3.05, 3.63) is 35.4 Å². The number of aryl methyl sites for hydroxylation is 2. The van der Waals surface area contributed by atoms with Gasteiger partial charge in [-0.15, -0.1) is 0 Å². The second-order valence-electron chi connectivity index (χ2n) is 5.01. The Bertz CT molecular complexity index is 490. The lowest BCUT2D eigenvalue weighted by Gasteiger charge is -2.22. The van der Waals surface area contributed by atoms with Gasteiger partial charge in [-0.25, -0.2) is 8.42 Å². The molecule has 0 radical (unpaired) electrons. The standard InChI is InChI=1S/C14H21NO2S/c1-12-5-2-3-6-13(12)8-10-18(16,17)14-7-4-9-15-11-14/h2-3,5-6,14-15H,4,7-11H2,1H3. The van der Waals surface area contributed by atoms with Gasteiger partial charge in [0.25, 0.3) is 0 Å². The molecule has 1 saturated heterocycles. The van der Waals surface area contributed by atoms with Gasteiger partial charge in [0, 0.05) is 6.54 Å². The first-order chi connectivity index (χ1) is 8.59. The van der Waals surface area contributed by atoms with Crippen molar-refractivity contribution in [2.45, 2.75) is 31.4 Å². The van der Waals surface area contributed by atoms with Crippen molar-refractivity contribution in [1.29, 1.82) is 0 Å². The van der Waals surface area contributed by atoms with Crippen LogP contribution >= 0.6 is 0 Å². The fourth-order valence-corrected chi connectivity index (χ4v) is 4.17. The number of nitrogens with one attached hydrogen (secondary N) is 1. The monoisotopic (exact) mass is 267 g/mol. The molecule has 100 valence electrons. The third-order valence-electron chi connectivity index (χ3n) is 3.68. The molecule has 18 heavy (non-hydrogen) atoms. The first kappa shape index (κ1) is 13.6. The summed E-state index contributed by atoms with van der Waals surface area (Å²) in [7, 11) is -2.96. The van der Waals surface area contributed by atoms with Gasteiger partial charge in [-0.2, -0.15) is 0 Å². The number of hydrogen-bond acceptors (Lipinski definition) is 3. The van der Waals surface area contributed by atoms with Crippen molar-refractivity contribution in [2.24, 2.45) is 0 Å². The maximum atomic E-state index is 12.2. The molecule has 0 amide bonds. The van der Waals surface area contributed by atoms with Gasteiger partial charge in [-0.05, 0) is 43.9 Å². The Morgan fingerprint density at radius 1 is 1.33 bits per heavy atom. The lowest BCUT2D eigenvalue weighted by atomic mass is 10.1. The van der Waals surface area contributed by atoms with Crippen molar-refractivity contribution >= 4 is 9.84 Å². The summed E-state index contributed by atoms with van der Waals surface area (Å²) in [6, 6.07) is 8.00. The number of benzene rings is 1. The first-order valence-electron chi connectivity index (χ1n) is 6.56. The minimum atomic E-state index is -2.96. The fourth-order valence-electron chi connectivity index (χ4n) is 2.44. The van der Waals surface area contributed by atoms with E-state index in [0.717, 1.165) is 24.9 Å². The van der Waals surface area contributed by atoms with Crippen LogP contribution in [0.1, 0.15) is 24.0 Å². The normalized spacial score (nSPS) is 20.8. The van der Waals surface area contributed by atoms with Crippen LogP contribution in [0.3, 0.4) is 0 Å². The summed E-state index contributed by atoms with van der Waals surface area (Å²) in [5, 5.41) is 2.99. The summed E-state index contributed by atoms with van der Waals surface area (Å²) in [5.74, 6) is 0.268. The fraction of sp³-hybridized carbons (Fsp3) is 0.571. The van der Waals surface area contributed by atoms with Crippen molar-refractivity contribution in [3.8, 4) is 0 Å². The van der Waals surface area contributed by atoms with E-state index in [2.05, 4.69) is 5.32 Å². The summed E-state index contributed by atoms with van der Waals surface area (Å²) in [5.41, 5.74) is 2.32. The van der Waals surface area contributed by atoms with Crippen LogP contribution in [0.25, 0.3) is 0 Å². The predicted molar refractivity (Wildman–Crippen MR) is 74.6 cm³/mol. The quantitative estimate of drug-likeness (QED) is 0.903. The van der Waals surface area contributed by atoms with Gasteiger partial charge in [0.15, 0.2) is 9.84 Å². The lowest BCUT2D eigenvalue weighted by molar-refractivity contribution is 0.496. The van der Waals surface area contributed by atoms with Crippen molar-refractivity contribution in [2.75, 3.05) is 18.8 Å². The zero-order valence-corrected chi connectivity index (χ0v) is 11.7. The van der Waals surface area contributed by atoms with Crippen molar-refractivity contribution in [1.82, 2.24) is 5.32 Å². The molecule has 1 N–H and O–H groups in total. The minimum absolute atomic E-state index is 0.185. The van der Waals surface area contributed by atoms with Gasteiger partial charge in [0.2, 0.25) is 0 Å². The molecule has 0 aliphatic carbocycles.